The minimum atomic E-state index is 0. The number of rotatable bonds is 3. The minimum Gasteiger partial charge on any atom is -0.490 e. The molecule has 0 saturated carbocycles. The molecular formula is C23H20ClN3O2. The standard InChI is InChI=1S/C23H19N3O2.ClH/c1-2-6-16(7-3-1)17-8-4-9-18(12-17)26-23-19-13-21-22(28-11-5-10-27-21)14-20(19)24-15-25-23;/h1-4,6-9,12-15H,5,10-11H2,(H,24,25,26);1H. The summed E-state index contributed by atoms with van der Waals surface area (Å²) in [6, 6.07) is 22.5. The van der Waals surface area contributed by atoms with Crippen molar-refractivity contribution < 1.29 is 9.47 Å². The third-order valence-electron chi connectivity index (χ3n) is 4.74. The van der Waals surface area contributed by atoms with Crippen molar-refractivity contribution in [1.29, 1.82) is 0 Å². The van der Waals surface area contributed by atoms with Gasteiger partial charge in [0.25, 0.3) is 0 Å². The van der Waals surface area contributed by atoms with Gasteiger partial charge in [-0.3, -0.25) is 0 Å². The van der Waals surface area contributed by atoms with E-state index in [0.717, 1.165) is 45.9 Å². The summed E-state index contributed by atoms with van der Waals surface area (Å²) in [6.45, 7) is 1.30. The normalized spacial score (nSPS) is 12.7. The van der Waals surface area contributed by atoms with Crippen LogP contribution in [-0.2, 0) is 0 Å². The first kappa shape index (κ1) is 19.0. The number of ether oxygens (including phenoxy) is 2. The van der Waals surface area contributed by atoms with Crippen LogP contribution in [-0.4, -0.2) is 23.2 Å². The number of fused-ring (bicyclic) bond motifs is 2. The Labute approximate surface area is 175 Å². The van der Waals surface area contributed by atoms with E-state index in [0.29, 0.717) is 13.2 Å². The molecule has 6 heteroatoms. The lowest BCUT2D eigenvalue weighted by atomic mass is 10.1. The van der Waals surface area contributed by atoms with E-state index < -0.39 is 0 Å². The number of nitrogens with one attached hydrogen (secondary N) is 1. The highest BCUT2D eigenvalue weighted by atomic mass is 35.5. The van der Waals surface area contributed by atoms with Crippen molar-refractivity contribution in [2.75, 3.05) is 18.5 Å². The molecule has 0 saturated heterocycles. The van der Waals surface area contributed by atoms with E-state index in [-0.39, 0.29) is 12.4 Å². The zero-order chi connectivity index (χ0) is 18.8. The van der Waals surface area contributed by atoms with E-state index in [1.807, 2.05) is 42.5 Å². The third kappa shape index (κ3) is 3.96. The summed E-state index contributed by atoms with van der Waals surface area (Å²) >= 11 is 0. The van der Waals surface area contributed by atoms with Crippen LogP contribution in [0.1, 0.15) is 6.42 Å². The molecule has 29 heavy (non-hydrogen) atoms. The number of benzene rings is 3. The SMILES string of the molecule is Cl.c1ccc(-c2cccc(Nc3ncnc4cc5c(cc34)OCCCO5)c2)cc1. The topological polar surface area (TPSA) is 56.3 Å². The Hall–Kier alpha value is -3.31. The van der Waals surface area contributed by atoms with Crippen LogP contribution in [0.5, 0.6) is 11.5 Å². The highest BCUT2D eigenvalue weighted by molar-refractivity contribution is 5.93. The average molecular weight is 406 g/mol. The first-order valence-corrected chi connectivity index (χ1v) is 9.34. The molecule has 1 aliphatic rings. The second-order valence-electron chi connectivity index (χ2n) is 6.66. The van der Waals surface area contributed by atoms with E-state index in [4.69, 9.17) is 9.47 Å². The van der Waals surface area contributed by atoms with E-state index in [2.05, 4.69) is 39.6 Å². The zero-order valence-electron chi connectivity index (χ0n) is 15.7. The van der Waals surface area contributed by atoms with Crippen molar-refractivity contribution in [1.82, 2.24) is 9.97 Å². The van der Waals surface area contributed by atoms with Crippen molar-refractivity contribution in [3.8, 4) is 22.6 Å². The number of halogens is 1. The van der Waals surface area contributed by atoms with Crippen LogP contribution in [0.2, 0.25) is 0 Å². The van der Waals surface area contributed by atoms with Gasteiger partial charge in [0.15, 0.2) is 11.5 Å². The largest absolute Gasteiger partial charge is 0.490 e. The van der Waals surface area contributed by atoms with Gasteiger partial charge in [0.05, 0.1) is 18.7 Å². The Morgan fingerprint density at radius 3 is 2.34 bits per heavy atom. The van der Waals surface area contributed by atoms with E-state index >= 15 is 0 Å². The summed E-state index contributed by atoms with van der Waals surface area (Å²) in [6.07, 6.45) is 2.43. The summed E-state index contributed by atoms with van der Waals surface area (Å²) in [4.78, 5) is 8.86. The fourth-order valence-corrected chi connectivity index (χ4v) is 3.36. The monoisotopic (exact) mass is 405 g/mol. The molecule has 3 aromatic carbocycles. The molecule has 0 fully saturated rings. The second kappa shape index (κ2) is 8.37. The van der Waals surface area contributed by atoms with Gasteiger partial charge in [-0.2, -0.15) is 0 Å². The number of aromatic nitrogens is 2. The minimum absolute atomic E-state index is 0. The lowest BCUT2D eigenvalue weighted by molar-refractivity contribution is 0.297. The molecule has 2 heterocycles. The lowest BCUT2D eigenvalue weighted by Gasteiger charge is -2.12. The first-order chi connectivity index (χ1) is 13.9. The van der Waals surface area contributed by atoms with Gasteiger partial charge >= 0.3 is 0 Å². The second-order valence-corrected chi connectivity index (χ2v) is 6.66. The first-order valence-electron chi connectivity index (χ1n) is 9.34. The molecule has 0 spiro atoms. The fourth-order valence-electron chi connectivity index (χ4n) is 3.36. The Kier molecular flexibility index (Phi) is 5.49. The molecule has 0 bridgehead atoms. The van der Waals surface area contributed by atoms with E-state index in [1.165, 1.54) is 5.56 Å². The van der Waals surface area contributed by atoms with Crippen LogP contribution in [0.25, 0.3) is 22.0 Å². The van der Waals surface area contributed by atoms with Gasteiger partial charge < -0.3 is 14.8 Å². The summed E-state index contributed by atoms with van der Waals surface area (Å²) in [5, 5.41) is 4.33. The molecule has 146 valence electrons. The average Bonchev–Trinajstić information content (AvgIpc) is 2.98. The van der Waals surface area contributed by atoms with Crippen molar-refractivity contribution in [2.45, 2.75) is 6.42 Å². The van der Waals surface area contributed by atoms with Gasteiger partial charge in [-0.15, -0.1) is 12.4 Å². The van der Waals surface area contributed by atoms with Gasteiger partial charge in [0.1, 0.15) is 12.1 Å². The van der Waals surface area contributed by atoms with Crippen LogP contribution in [0.15, 0.2) is 73.1 Å². The Balaban J connectivity index is 0.00000205. The van der Waals surface area contributed by atoms with Gasteiger partial charge in [0.2, 0.25) is 0 Å². The maximum absolute atomic E-state index is 5.83. The van der Waals surface area contributed by atoms with Gasteiger partial charge in [-0.05, 0) is 29.3 Å². The van der Waals surface area contributed by atoms with Gasteiger partial charge in [-0.25, -0.2) is 9.97 Å². The fraction of sp³-hybridized carbons (Fsp3) is 0.130. The Bertz CT molecular complexity index is 1140. The molecule has 5 nitrogen and oxygen atoms in total. The Morgan fingerprint density at radius 1 is 0.759 bits per heavy atom. The van der Waals surface area contributed by atoms with Crippen LogP contribution in [0.4, 0.5) is 11.5 Å². The molecule has 0 unspecified atom stereocenters. The maximum atomic E-state index is 5.83. The van der Waals surface area contributed by atoms with Gasteiger partial charge in [0, 0.05) is 23.6 Å². The molecule has 1 aromatic heterocycles. The summed E-state index contributed by atoms with van der Waals surface area (Å²) in [5.74, 6) is 2.22. The predicted octanol–water partition coefficient (Wildman–Crippen LogP) is 5.62. The van der Waals surface area contributed by atoms with Crippen LogP contribution < -0.4 is 14.8 Å². The molecule has 4 aromatic rings. The van der Waals surface area contributed by atoms with Crippen LogP contribution in [0, 0.1) is 0 Å². The van der Waals surface area contributed by atoms with E-state index in [9.17, 15) is 0 Å². The molecule has 5 rings (SSSR count). The number of anilines is 2. The molecule has 0 amide bonds. The highest BCUT2D eigenvalue weighted by Crippen LogP contribution is 2.36. The summed E-state index contributed by atoms with van der Waals surface area (Å²) in [5.41, 5.74) is 4.11. The highest BCUT2D eigenvalue weighted by Gasteiger charge is 2.14. The Morgan fingerprint density at radius 2 is 1.52 bits per heavy atom. The molecule has 0 atom stereocenters. The van der Waals surface area contributed by atoms with Crippen molar-refractivity contribution >= 4 is 34.8 Å². The molecular weight excluding hydrogens is 386 g/mol. The van der Waals surface area contributed by atoms with E-state index in [1.54, 1.807) is 6.33 Å². The predicted molar refractivity (Wildman–Crippen MR) is 118 cm³/mol. The van der Waals surface area contributed by atoms with Crippen molar-refractivity contribution in [3.05, 3.63) is 73.1 Å². The van der Waals surface area contributed by atoms with Crippen LogP contribution in [0.3, 0.4) is 0 Å². The van der Waals surface area contributed by atoms with Crippen molar-refractivity contribution in [2.24, 2.45) is 0 Å². The zero-order valence-corrected chi connectivity index (χ0v) is 16.5. The molecule has 0 radical (unpaired) electrons. The number of hydrogen-bond acceptors (Lipinski definition) is 5. The third-order valence-corrected chi connectivity index (χ3v) is 4.74. The molecule has 1 aliphatic heterocycles. The summed E-state index contributed by atoms with van der Waals surface area (Å²) < 4.78 is 11.6. The molecule has 1 N–H and O–H groups in total. The van der Waals surface area contributed by atoms with Crippen LogP contribution >= 0.6 is 12.4 Å². The quantitative estimate of drug-likeness (QED) is 0.479. The van der Waals surface area contributed by atoms with Crippen molar-refractivity contribution in [3.63, 3.8) is 0 Å². The lowest BCUT2D eigenvalue weighted by Crippen LogP contribution is -1.98. The smallest absolute Gasteiger partial charge is 0.163 e. The number of hydrogen-bond donors (Lipinski definition) is 1. The molecule has 0 aliphatic carbocycles. The maximum Gasteiger partial charge on any atom is 0.163 e. The summed E-state index contributed by atoms with van der Waals surface area (Å²) in [7, 11) is 0. The number of nitrogens with zero attached hydrogens (tertiary/aromatic N) is 2. The van der Waals surface area contributed by atoms with Gasteiger partial charge in [-0.1, -0.05) is 42.5 Å².